The van der Waals surface area contributed by atoms with Crippen LogP contribution in [0, 0.1) is 0 Å². The lowest BCUT2D eigenvalue weighted by Gasteiger charge is -2.38. The van der Waals surface area contributed by atoms with Gasteiger partial charge in [-0.2, -0.15) is 0 Å². The van der Waals surface area contributed by atoms with Crippen LogP contribution in [0.5, 0.6) is 0 Å². The van der Waals surface area contributed by atoms with Gasteiger partial charge in [0.1, 0.15) is 0 Å². The van der Waals surface area contributed by atoms with Gasteiger partial charge < -0.3 is 16.0 Å². The van der Waals surface area contributed by atoms with Crippen molar-refractivity contribution in [3.8, 4) is 0 Å². The molecule has 0 amide bonds. The zero-order valence-electron chi connectivity index (χ0n) is 11.8. The molecule has 3 atom stereocenters. The van der Waals surface area contributed by atoms with Crippen LogP contribution in [0.15, 0.2) is 29.3 Å². The molecule has 4 nitrogen and oxygen atoms in total. The fourth-order valence-electron chi connectivity index (χ4n) is 3.99. The van der Waals surface area contributed by atoms with Crippen LogP contribution in [0.25, 0.3) is 0 Å². The maximum atomic E-state index is 5.82. The van der Waals surface area contributed by atoms with Gasteiger partial charge in [0.15, 0.2) is 5.96 Å². The van der Waals surface area contributed by atoms with Crippen LogP contribution < -0.4 is 11.1 Å². The van der Waals surface area contributed by atoms with Crippen molar-refractivity contribution in [2.24, 2.45) is 4.99 Å². The summed E-state index contributed by atoms with van der Waals surface area (Å²) in [5.74, 6) is 1.13. The Balaban J connectivity index is 1.67. The minimum atomic E-state index is 0.462. The smallest absolute Gasteiger partial charge is 0.195 e. The van der Waals surface area contributed by atoms with Gasteiger partial charge in [-0.1, -0.05) is 25.0 Å². The summed E-state index contributed by atoms with van der Waals surface area (Å²) < 4.78 is 0. The van der Waals surface area contributed by atoms with E-state index in [0.29, 0.717) is 18.1 Å². The van der Waals surface area contributed by atoms with Gasteiger partial charge in [0.05, 0.1) is 12.1 Å². The molecule has 2 aliphatic heterocycles. The van der Waals surface area contributed by atoms with E-state index in [9.17, 15) is 0 Å². The standard InChI is InChI=1S/C16H22N4/c17-12-7-5-11(6-8-12)14-9-10-18-16-19-13-3-1-2-4-15(13)20(14)16/h5-8,13-15H,1-4,9-10,17H2,(H,18,19). The van der Waals surface area contributed by atoms with Crippen molar-refractivity contribution in [2.45, 2.75) is 50.2 Å². The molecule has 2 heterocycles. The summed E-state index contributed by atoms with van der Waals surface area (Å²) in [6.07, 6.45) is 6.39. The first-order chi connectivity index (χ1) is 9.83. The van der Waals surface area contributed by atoms with Gasteiger partial charge in [0, 0.05) is 18.3 Å². The maximum absolute atomic E-state index is 5.82. The molecule has 3 aliphatic rings. The van der Waals surface area contributed by atoms with E-state index in [1.54, 1.807) is 0 Å². The lowest BCUT2D eigenvalue weighted by Crippen LogP contribution is -2.43. The van der Waals surface area contributed by atoms with Crippen molar-refractivity contribution in [2.75, 3.05) is 12.3 Å². The second-order valence-corrected chi connectivity index (χ2v) is 6.19. The molecule has 1 aliphatic carbocycles. The molecule has 4 rings (SSSR count). The average molecular weight is 270 g/mol. The number of hydrogen-bond acceptors (Lipinski definition) is 4. The maximum Gasteiger partial charge on any atom is 0.195 e. The number of benzene rings is 1. The zero-order valence-corrected chi connectivity index (χ0v) is 11.8. The van der Waals surface area contributed by atoms with E-state index in [0.717, 1.165) is 24.6 Å². The third kappa shape index (κ3) is 1.86. The first kappa shape index (κ1) is 12.1. The van der Waals surface area contributed by atoms with Gasteiger partial charge in [-0.15, -0.1) is 0 Å². The first-order valence-corrected chi connectivity index (χ1v) is 7.78. The van der Waals surface area contributed by atoms with E-state index < -0.39 is 0 Å². The fraction of sp³-hybridized carbons (Fsp3) is 0.562. The summed E-state index contributed by atoms with van der Waals surface area (Å²) in [6.45, 7) is 0.924. The number of anilines is 1. The Morgan fingerprint density at radius 1 is 1.10 bits per heavy atom. The second kappa shape index (κ2) is 4.69. The molecule has 3 N–H and O–H groups in total. The molecule has 0 aromatic heterocycles. The van der Waals surface area contributed by atoms with E-state index in [1.165, 1.54) is 31.2 Å². The van der Waals surface area contributed by atoms with Crippen molar-refractivity contribution >= 4 is 11.6 Å². The van der Waals surface area contributed by atoms with Gasteiger partial charge in [-0.05, 0) is 37.0 Å². The molecule has 1 saturated heterocycles. The Bertz CT molecular complexity index is 522. The number of fused-ring (bicyclic) bond motifs is 3. The molecular formula is C16H22N4. The molecule has 20 heavy (non-hydrogen) atoms. The number of nitrogens with two attached hydrogens (primary N) is 1. The highest BCUT2D eigenvalue weighted by Gasteiger charge is 2.43. The van der Waals surface area contributed by atoms with Crippen LogP contribution in [0.2, 0.25) is 0 Å². The molecule has 3 unspecified atom stereocenters. The predicted molar refractivity (Wildman–Crippen MR) is 81.5 cm³/mol. The summed E-state index contributed by atoms with van der Waals surface area (Å²) in [5, 5.41) is 3.66. The monoisotopic (exact) mass is 270 g/mol. The summed E-state index contributed by atoms with van der Waals surface area (Å²) in [6, 6.07) is 10.1. The van der Waals surface area contributed by atoms with E-state index >= 15 is 0 Å². The number of nitrogen functional groups attached to an aromatic ring is 1. The largest absolute Gasteiger partial charge is 0.399 e. The number of rotatable bonds is 1. The number of guanidine groups is 1. The average Bonchev–Trinajstić information content (AvgIpc) is 2.86. The van der Waals surface area contributed by atoms with E-state index in [1.807, 2.05) is 12.1 Å². The number of nitrogens with one attached hydrogen (secondary N) is 1. The Kier molecular flexibility index (Phi) is 2.83. The molecule has 1 saturated carbocycles. The van der Waals surface area contributed by atoms with Crippen molar-refractivity contribution < 1.29 is 0 Å². The van der Waals surface area contributed by atoms with Crippen LogP contribution >= 0.6 is 0 Å². The summed E-state index contributed by atoms with van der Waals surface area (Å²) in [7, 11) is 0. The molecular weight excluding hydrogens is 248 g/mol. The number of aliphatic imine (C=N–C) groups is 1. The lowest BCUT2D eigenvalue weighted by atomic mass is 9.89. The van der Waals surface area contributed by atoms with Gasteiger partial charge in [-0.3, -0.25) is 4.99 Å². The number of nitrogens with zero attached hydrogens (tertiary/aromatic N) is 2. The highest BCUT2D eigenvalue weighted by molar-refractivity contribution is 5.84. The van der Waals surface area contributed by atoms with Crippen molar-refractivity contribution in [1.82, 2.24) is 10.2 Å². The van der Waals surface area contributed by atoms with Crippen LogP contribution in [0.3, 0.4) is 0 Å². The van der Waals surface area contributed by atoms with Crippen LogP contribution in [0.1, 0.15) is 43.7 Å². The SMILES string of the molecule is Nc1ccc(C2CCN=C3NC4CCCCC4N32)cc1. The molecule has 1 aromatic rings. The van der Waals surface area contributed by atoms with Crippen LogP contribution in [0.4, 0.5) is 5.69 Å². The van der Waals surface area contributed by atoms with E-state index in [4.69, 9.17) is 10.7 Å². The van der Waals surface area contributed by atoms with Crippen LogP contribution in [-0.4, -0.2) is 29.5 Å². The fourth-order valence-corrected chi connectivity index (χ4v) is 3.99. The normalized spacial score (nSPS) is 32.1. The number of hydrogen-bond donors (Lipinski definition) is 2. The minimum absolute atomic E-state index is 0.462. The predicted octanol–water partition coefficient (Wildman–Crippen LogP) is 2.29. The van der Waals surface area contributed by atoms with Crippen LogP contribution in [-0.2, 0) is 0 Å². The summed E-state index contributed by atoms with van der Waals surface area (Å²) in [5.41, 5.74) is 8.04. The Hall–Kier alpha value is -1.71. The summed E-state index contributed by atoms with van der Waals surface area (Å²) in [4.78, 5) is 7.27. The van der Waals surface area contributed by atoms with E-state index in [-0.39, 0.29) is 0 Å². The van der Waals surface area contributed by atoms with Crippen molar-refractivity contribution in [3.05, 3.63) is 29.8 Å². The lowest BCUT2D eigenvalue weighted by molar-refractivity contribution is 0.188. The molecule has 0 radical (unpaired) electrons. The molecule has 106 valence electrons. The summed E-state index contributed by atoms with van der Waals surface area (Å²) >= 11 is 0. The Morgan fingerprint density at radius 2 is 1.90 bits per heavy atom. The molecule has 2 fully saturated rings. The third-order valence-corrected chi connectivity index (χ3v) is 4.97. The highest BCUT2D eigenvalue weighted by Crippen LogP contribution is 2.38. The molecule has 0 bridgehead atoms. The van der Waals surface area contributed by atoms with Crippen molar-refractivity contribution in [3.63, 3.8) is 0 Å². The van der Waals surface area contributed by atoms with Gasteiger partial charge >= 0.3 is 0 Å². The van der Waals surface area contributed by atoms with Crippen molar-refractivity contribution in [1.29, 1.82) is 0 Å². The Morgan fingerprint density at radius 3 is 2.75 bits per heavy atom. The zero-order chi connectivity index (χ0) is 13.5. The van der Waals surface area contributed by atoms with E-state index in [2.05, 4.69) is 22.3 Å². The second-order valence-electron chi connectivity index (χ2n) is 6.19. The van der Waals surface area contributed by atoms with Gasteiger partial charge in [0.2, 0.25) is 0 Å². The first-order valence-electron chi connectivity index (χ1n) is 7.78. The minimum Gasteiger partial charge on any atom is -0.399 e. The topological polar surface area (TPSA) is 53.6 Å². The highest BCUT2D eigenvalue weighted by atomic mass is 15.4. The Labute approximate surface area is 120 Å². The molecule has 0 spiro atoms. The van der Waals surface area contributed by atoms with Gasteiger partial charge in [0.25, 0.3) is 0 Å². The molecule has 4 heteroatoms. The third-order valence-electron chi connectivity index (χ3n) is 4.97. The quantitative estimate of drug-likeness (QED) is 0.770. The van der Waals surface area contributed by atoms with Gasteiger partial charge in [-0.25, -0.2) is 0 Å². The molecule has 1 aromatic carbocycles.